The van der Waals surface area contributed by atoms with Crippen molar-refractivity contribution in [1.29, 1.82) is 0 Å². The number of furan rings is 1. The average molecular weight is 252 g/mol. The molecule has 0 aliphatic heterocycles. The van der Waals surface area contributed by atoms with Gasteiger partial charge in [-0.15, -0.1) is 0 Å². The summed E-state index contributed by atoms with van der Waals surface area (Å²) in [4.78, 5) is 23.8. The maximum atomic E-state index is 12.0. The number of hydrogen-bond donors (Lipinski definition) is 2. The fraction of sp³-hybridized carbons (Fsp3) is 0. The van der Waals surface area contributed by atoms with Crippen molar-refractivity contribution in [2.45, 2.75) is 0 Å². The second-order valence-corrected chi connectivity index (χ2v) is 4.37. The minimum absolute atomic E-state index is 0.318. The maximum absolute atomic E-state index is 12.0. The average Bonchev–Trinajstić information content (AvgIpc) is 2.81. The van der Waals surface area contributed by atoms with Gasteiger partial charge in [0.25, 0.3) is 11.1 Å². The third-order valence-corrected chi connectivity index (χ3v) is 3.30. The number of rotatable bonds is 0. The summed E-state index contributed by atoms with van der Waals surface area (Å²) in [5.74, 6) is 0. The van der Waals surface area contributed by atoms with Crippen LogP contribution in [0.2, 0.25) is 0 Å². The highest BCUT2D eigenvalue weighted by Crippen LogP contribution is 2.31. The largest absolute Gasteiger partial charge is 0.456 e. The highest BCUT2D eigenvalue weighted by Gasteiger charge is 2.13. The second-order valence-electron chi connectivity index (χ2n) is 4.37. The van der Waals surface area contributed by atoms with Gasteiger partial charge in [0, 0.05) is 10.8 Å². The van der Waals surface area contributed by atoms with E-state index in [1.165, 1.54) is 0 Å². The SMILES string of the molecule is O=c1[nH][nH]c(=O)c2c1ccc1oc3ccccc3c12. The summed E-state index contributed by atoms with van der Waals surface area (Å²) >= 11 is 0. The van der Waals surface area contributed by atoms with Gasteiger partial charge in [-0.25, -0.2) is 0 Å². The maximum Gasteiger partial charge on any atom is 0.271 e. The monoisotopic (exact) mass is 252 g/mol. The molecule has 0 saturated carbocycles. The smallest absolute Gasteiger partial charge is 0.271 e. The number of hydrogen-bond acceptors (Lipinski definition) is 3. The number of H-pyrrole nitrogens is 2. The Balaban J connectivity index is 2.47. The van der Waals surface area contributed by atoms with E-state index in [2.05, 4.69) is 10.2 Å². The Labute approximate surface area is 105 Å². The van der Waals surface area contributed by atoms with Crippen LogP contribution in [0.25, 0.3) is 32.7 Å². The van der Waals surface area contributed by atoms with Crippen molar-refractivity contribution < 1.29 is 4.42 Å². The molecule has 92 valence electrons. The molecule has 5 heteroatoms. The molecule has 0 saturated heterocycles. The zero-order valence-electron chi connectivity index (χ0n) is 9.69. The van der Waals surface area contributed by atoms with Gasteiger partial charge in [0.1, 0.15) is 11.2 Å². The normalized spacial score (nSPS) is 11.6. The summed E-state index contributed by atoms with van der Waals surface area (Å²) in [6.07, 6.45) is 0. The Morgan fingerprint density at radius 2 is 1.53 bits per heavy atom. The van der Waals surface area contributed by atoms with Crippen molar-refractivity contribution in [2.75, 3.05) is 0 Å². The minimum atomic E-state index is -0.327. The number of aromatic nitrogens is 2. The molecule has 2 aromatic carbocycles. The molecule has 0 amide bonds. The van der Waals surface area contributed by atoms with Gasteiger partial charge in [-0.2, -0.15) is 0 Å². The first-order valence-electron chi connectivity index (χ1n) is 5.80. The van der Waals surface area contributed by atoms with E-state index >= 15 is 0 Å². The highest BCUT2D eigenvalue weighted by atomic mass is 16.3. The second kappa shape index (κ2) is 3.35. The number of aromatic amines is 2. The molecule has 0 aliphatic rings. The lowest BCUT2D eigenvalue weighted by Crippen LogP contribution is -2.18. The van der Waals surface area contributed by atoms with E-state index in [-0.39, 0.29) is 11.1 Å². The first-order chi connectivity index (χ1) is 9.25. The molecule has 0 fully saturated rings. The van der Waals surface area contributed by atoms with E-state index in [1.54, 1.807) is 12.1 Å². The van der Waals surface area contributed by atoms with Crippen LogP contribution in [-0.2, 0) is 0 Å². The molecule has 2 heterocycles. The number of nitrogens with one attached hydrogen (secondary N) is 2. The van der Waals surface area contributed by atoms with Crippen LogP contribution >= 0.6 is 0 Å². The Hall–Kier alpha value is -2.82. The van der Waals surface area contributed by atoms with Gasteiger partial charge in [0.15, 0.2) is 0 Å². The lowest BCUT2D eigenvalue weighted by molar-refractivity contribution is 0.669. The van der Waals surface area contributed by atoms with Gasteiger partial charge < -0.3 is 4.42 Å². The topological polar surface area (TPSA) is 78.9 Å². The van der Waals surface area contributed by atoms with Crippen LogP contribution < -0.4 is 11.1 Å². The lowest BCUT2D eigenvalue weighted by Gasteiger charge is -1.97. The van der Waals surface area contributed by atoms with Crippen LogP contribution in [-0.4, -0.2) is 10.2 Å². The van der Waals surface area contributed by atoms with Crippen molar-refractivity contribution in [2.24, 2.45) is 0 Å². The fourth-order valence-electron chi connectivity index (χ4n) is 2.49. The Morgan fingerprint density at radius 3 is 2.42 bits per heavy atom. The molecule has 4 rings (SSSR count). The van der Waals surface area contributed by atoms with Gasteiger partial charge >= 0.3 is 0 Å². The van der Waals surface area contributed by atoms with Crippen molar-refractivity contribution in [3.63, 3.8) is 0 Å². The number of benzene rings is 2. The highest BCUT2D eigenvalue weighted by molar-refractivity contribution is 6.18. The van der Waals surface area contributed by atoms with E-state index in [0.29, 0.717) is 27.3 Å². The summed E-state index contributed by atoms with van der Waals surface area (Å²) in [5.41, 5.74) is 0.656. The van der Waals surface area contributed by atoms with Gasteiger partial charge in [-0.05, 0) is 18.2 Å². The molecule has 0 radical (unpaired) electrons. The van der Waals surface area contributed by atoms with Crippen LogP contribution in [0.4, 0.5) is 0 Å². The quantitative estimate of drug-likeness (QED) is 0.503. The molecule has 5 nitrogen and oxygen atoms in total. The fourth-order valence-corrected chi connectivity index (χ4v) is 2.49. The van der Waals surface area contributed by atoms with E-state index in [9.17, 15) is 9.59 Å². The zero-order chi connectivity index (χ0) is 13.0. The Bertz CT molecular complexity index is 1050. The molecule has 19 heavy (non-hydrogen) atoms. The third-order valence-electron chi connectivity index (χ3n) is 3.30. The standard InChI is InChI=1S/C14H8N2O3/c17-13-8-5-6-10-11(12(8)14(18)16-15-13)7-3-1-2-4-9(7)19-10/h1-6H,(H,15,17)(H,16,18). The molecule has 0 spiro atoms. The van der Waals surface area contributed by atoms with Gasteiger partial charge in [0.05, 0.1) is 10.8 Å². The van der Waals surface area contributed by atoms with Crippen molar-refractivity contribution in [3.05, 3.63) is 57.1 Å². The van der Waals surface area contributed by atoms with Crippen molar-refractivity contribution >= 4 is 32.7 Å². The summed E-state index contributed by atoms with van der Waals surface area (Å²) in [7, 11) is 0. The van der Waals surface area contributed by atoms with Gasteiger partial charge in [-0.1, -0.05) is 18.2 Å². The number of para-hydroxylation sites is 1. The molecule has 0 unspecified atom stereocenters. The van der Waals surface area contributed by atoms with Crippen molar-refractivity contribution in [3.8, 4) is 0 Å². The molecule has 4 aromatic rings. The first-order valence-corrected chi connectivity index (χ1v) is 5.80. The van der Waals surface area contributed by atoms with Crippen molar-refractivity contribution in [1.82, 2.24) is 10.2 Å². The predicted molar refractivity (Wildman–Crippen MR) is 72.5 cm³/mol. The van der Waals surface area contributed by atoms with Crippen LogP contribution in [0.3, 0.4) is 0 Å². The van der Waals surface area contributed by atoms with E-state index < -0.39 is 0 Å². The summed E-state index contributed by atoms with van der Waals surface area (Å²) in [6.45, 7) is 0. The molecule has 2 N–H and O–H groups in total. The summed E-state index contributed by atoms with van der Waals surface area (Å²) in [6, 6.07) is 10.8. The summed E-state index contributed by atoms with van der Waals surface area (Å²) in [5, 5.41) is 6.92. The van der Waals surface area contributed by atoms with Gasteiger partial charge in [0.2, 0.25) is 0 Å². The van der Waals surface area contributed by atoms with Crippen LogP contribution in [0.15, 0.2) is 50.4 Å². The molecule has 0 aliphatic carbocycles. The third kappa shape index (κ3) is 1.24. The minimum Gasteiger partial charge on any atom is -0.456 e. The zero-order valence-corrected chi connectivity index (χ0v) is 9.69. The molecular formula is C14H8N2O3. The van der Waals surface area contributed by atoms with E-state index in [1.807, 2.05) is 24.3 Å². The van der Waals surface area contributed by atoms with E-state index in [4.69, 9.17) is 4.42 Å². The molecule has 2 aromatic heterocycles. The number of fused-ring (bicyclic) bond motifs is 5. The molecule has 0 bridgehead atoms. The Morgan fingerprint density at radius 1 is 0.737 bits per heavy atom. The molecule has 0 atom stereocenters. The predicted octanol–water partition coefficient (Wildman–Crippen LogP) is 2.12. The van der Waals surface area contributed by atoms with Gasteiger partial charge in [-0.3, -0.25) is 19.8 Å². The van der Waals surface area contributed by atoms with Crippen LogP contribution in [0.5, 0.6) is 0 Å². The van der Waals surface area contributed by atoms with E-state index in [0.717, 1.165) is 5.39 Å². The first kappa shape index (κ1) is 10.1. The van der Waals surface area contributed by atoms with Crippen LogP contribution in [0.1, 0.15) is 0 Å². The lowest BCUT2D eigenvalue weighted by atomic mass is 10.1. The molecular weight excluding hydrogens is 244 g/mol. The summed E-state index contributed by atoms with van der Waals surface area (Å²) < 4.78 is 5.69. The van der Waals surface area contributed by atoms with Crippen LogP contribution in [0, 0.1) is 0 Å². The Kier molecular flexibility index (Phi) is 1.79.